The largest absolute Gasteiger partial charge is 0.481 e. The van der Waals surface area contributed by atoms with Crippen LogP contribution in [0.2, 0.25) is 0 Å². The molecule has 0 aliphatic heterocycles. The van der Waals surface area contributed by atoms with E-state index < -0.39 is 5.97 Å². The van der Waals surface area contributed by atoms with Crippen molar-refractivity contribution < 1.29 is 23.9 Å². The van der Waals surface area contributed by atoms with E-state index in [0.717, 1.165) is 4.88 Å². The molecule has 4 aromatic rings. The summed E-state index contributed by atoms with van der Waals surface area (Å²) in [6.07, 6.45) is 1.98. The fourth-order valence-corrected chi connectivity index (χ4v) is 4.66. The molecule has 36 heavy (non-hydrogen) atoms. The molecule has 2 aromatic heterocycles. The van der Waals surface area contributed by atoms with E-state index in [9.17, 15) is 19.5 Å². The molecule has 0 aliphatic carbocycles. The van der Waals surface area contributed by atoms with Crippen LogP contribution < -0.4 is 4.90 Å². The Bertz CT molecular complexity index is 1330. The lowest BCUT2D eigenvalue weighted by Gasteiger charge is -2.24. The highest BCUT2D eigenvalue weighted by atomic mass is 32.1. The molecule has 0 saturated carbocycles. The van der Waals surface area contributed by atoms with Gasteiger partial charge in [0.25, 0.3) is 11.8 Å². The van der Waals surface area contributed by atoms with E-state index in [0.29, 0.717) is 41.1 Å². The van der Waals surface area contributed by atoms with Crippen molar-refractivity contribution in [1.29, 1.82) is 0 Å². The van der Waals surface area contributed by atoms with Gasteiger partial charge in [0.2, 0.25) is 5.88 Å². The van der Waals surface area contributed by atoms with Gasteiger partial charge in [-0.1, -0.05) is 42.5 Å². The smallest absolute Gasteiger partial charge is 0.305 e. The van der Waals surface area contributed by atoms with Crippen molar-refractivity contribution in [2.24, 2.45) is 0 Å². The summed E-state index contributed by atoms with van der Waals surface area (Å²) >= 11 is 1.60. The molecule has 1 N–H and O–H groups in total. The Balaban J connectivity index is 1.67. The summed E-state index contributed by atoms with van der Waals surface area (Å²) in [4.78, 5) is 42.5. The molecule has 0 unspecified atom stereocenters. The molecule has 0 spiro atoms. The third kappa shape index (κ3) is 5.72. The molecule has 0 aliphatic rings. The zero-order chi connectivity index (χ0) is 25.5. The lowest BCUT2D eigenvalue weighted by molar-refractivity contribution is -0.137. The van der Waals surface area contributed by atoms with Crippen molar-refractivity contribution in [3.8, 4) is 11.1 Å². The normalized spacial score (nSPS) is 10.7. The van der Waals surface area contributed by atoms with Crippen molar-refractivity contribution in [1.82, 2.24) is 4.90 Å². The van der Waals surface area contributed by atoms with Gasteiger partial charge in [0.1, 0.15) is 0 Å². The quantitative estimate of drug-likeness (QED) is 0.312. The van der Waals surface area contributed by atoms with Crippen molar-refractivity contribution in [3.63, 3.8) is 0 Å². The van der Waals surface area contributed by atoms with Crippen LogP contribution in [0.15, 0.2) is 88.9 Å². The summed E-state index contributed by atoms with van der Waals surface area (Å²) < 4.78 is 5.38. The molecule has 2 amide bonds. The second kappa shape index (κ2) is 11.5. The Kier molecular flexibility index (Phi) is 7.97. The van der Waals surface area contributed by atoms with Crippen molar-refractivity contribution in [3.05, 3.63) is 100 Å². The number of aliphatic carboxylic acids is 1. The highest BCUT2D eigenvalue weighted by Gasteiger charge is 2.24. The third-order valence-electron chi connectivity index (χ3n) is 5.84. The van der Waals surface area contributed by atoms with Crippen LogP contribution in [-0.4, -0.2) is 47.9 Å². The van der Waals surface area contributed by atoms with Gasteiger partial charge in [0.05, 0.1) is 12.7 Å². The number of carbonyl (C=O) groups excluding carboxylic acids is 2. The van der Waals surface area contributed by atoms with Crippen LogP contribution in [0.4, 0.5) is 5.88 Å². The predicted octanol–water partition coefficient (Wildman–Crippen LogP) is 5.44. The monoisotopic (exact) mass is 502 g/mol. The molecule has 4 rings (SSSR count). The number of rotatable bonds is 10. The number of carboxylic acids is 1. The van der Waals surface area contributed by atoms with Gasteiger partial charge in [-0.05, 0) is 47.2 Å². The molecular weight excluding hydrogens is 476 g/mol. The molecule has 0 bridgehead atoms. The SMILES string of the molecule is CN(C(=O)c1ccccc1-c1ccccc1C(=O)N(CCC(=O)O)CCc1cccs1)c1ccco1. The topological polar surface area (TPSA) is 91.1 Å². The number of amides is 2. The zero-order valence-corrected chi connectivity index (χ0v) is 20.6. The summed E-state index contributed by atoms with van der Waals surface area (Å²) in [6.45, 7) is 0.485. The molecule has 0 radical (unpaired) electrons. The Labute approximate surface area is 213 Å². The lowest BCUT2D eigenvalue weighted by atomic mass is 9.94. The maximum atomic E-state index is 13.7. The van der Waals surface area contributed by atoms with Crippen LogP contribution >= 0.6 is 11.3 Å². The molecule has 2 heterocycles. The second-order valence-electron chi connectivity index (χ2n) is 8.17. The van der Waals surface area contributed by atoms with E-state index in [2.05, 4.69) is 0 Å². The number of thiophene rings is 1. The summed E-state index contributed by atoms with van der Waals surface area (Å²) in [5.41, 5.74) is 2.05. The van der Waals surface area contributed by atoms with Crippen molar-refractivity contribution >= 4 is 35.0 Å². The van der Waals surface area contributed by atoms with Gasteiger partial charge >= 0.3 is 5.97 Å². The van der Waals surface area contributed by atoms with Crippen molar-refractivity contribution in [2.45, 2.75) is 12.8 Å². The van der Waals surface area contributed by atoms with Crippen LogP contribution in [0, 0.1) is 0 Å². The first-order valence-corrected chi connectivity index (χ1v) is 12.4. The minimum atomic E-state index is -0.964. The summed E-state index contributed by atoms with van der Waals surface area (Å²) in [5.74, 6) is -1.10. The first kappa shape index (κ1) is 24.9. The summed E-state index contributed by atoms with van der Waals surface area (Å²) in [7, 11) is 1.63. The van der Waals surface area contributed by atoms with E-state index in [1.807, 2.05) is 35.7 Å². The van der Waals surface area contributed by atoms with Crippen LogP contribution in [0.5, 0.6) is 0 Å². The van der Waals surface area contributed by atoms with Crippen LogP contribution in [0.1, 0.15) is 32.0 Å². The first-order chi connectivity index (χ1) is 17.5. The zero-order valence-electron chi connectivity index (χ0n) is 19.8. The first-order valence-electron chi connectivity index (χ1n) is 11.5. The summed E-state index contributed by atoms with van der Waals surface area (Å²) in [5, 5.41) is 11.2. The van der Waals surface area contributed by atoms with Gasteiger partial charge in [0, 0.05) is 42.2 Å². The maximum Gasteiger partial charge on any atom is 0.305 e. The van der Waals surface area contributed by atoms with E-state index in [1.54, 1.807) is 65.7 Å². The van der Waals surface area contributed by atoms with Crippen LogP contribution in [0.3, 0.4) is 0 Å². The number of benzene rings is 2. The Morgan fingerprint density at radius 1 is 0.833 bits per heavy atom. The standard InChI is InChI=1S/C28H26N2O5S/c1-29(25-13-6-18-35-25)27(33)23-11-4-2-9-21(23)22-10-3-5-12-24(22)28(34)30(17-15-26(31)32)16-14-20-8-7-19-36-20/h2-13,18-19H,14-17H2,1H3,(H,31,32). The number of carbonyl (C=O) groups is 3. The Hall–Kier alpha value is -4.17. The molecule has 8 heteroatoms. The minimum absolute atomic E-state index is 0.0929. The number of anilines is 1. The van der Waals surface area contributed by atoms with E-state index in [4.69, 9.17) is 4.42 Å². The molecule has 0 saturated heterocycles. The average Bonchev–Trinajstić information content (AvgIpc) is 3.62. The number of carboxylic acid groups (broad SMARTS) is 1. The van der Waals surface area contributed by atoms with Gasteiger partial charge in [0.15, 0.2) is 0 Å². The number of furan rings is 1. The Morgan fingerprint density at radius 2 is 1.50 bits per heavy atom. The number of nitrogens with zero attached hydrogens (tertiary/aromatic N) is 2. The number of hydrogen-bond acceptors (Lipinski definition) is 5. The fraction of sp³-hybridized carbons (Fsp3) is 0.179. The average molecular weight is 503 g/mol. The second-order valence-corrected chi connectivity index (χ2v) is 9.20. The molecule has 0 atom stereocenters. The van der Waals surface area contributed by atoms with E-state index >= 15 is 0 Å². The maximum absolute atomic E-state index is 13.7. The highest BCUT2D eigenvalue weighted by Crippen LogP contribution is 2.30. The molecule has 184 valence electrons. The van der Waals surface area contributed by atoms with Crippen LogP contribution in [0.25, 0.3) is 11.1 Å². The molecule has 2 aromatic carbocycles. The van der Waals surface area contributed by atoms with Gasteiger partial charge in [-0.25, -0.2) is 0 Å². The Morgan fingerprint density at radius 3 is 2.08 bits per heavy atom. The highest BCUT2D eigenvalue weighted by molar-refractivity contribution is 7.09. The fourth-order valence-electron chi connectivity index (χ4n) is 3.97. The molecule has 7 nitrogen and oxygen atoms in total. The van der Waals surface area contributed by atoms with E-state index in [-0.39, 0.29) is 24.8 Å². The van der Waals surface area contributed by atoms with Gasteiger partial charge < -0.3 is 14.4 Å². The molecule has 0 fully saturated rings. The lowest BCUT2D eigenvalue weighted by Crippen LogP contribution is -2.35. The minimum Gasteiger partial charge on any atom is -0.481 e. The van der Waals surface area contributed by atoms with Crippen LogP contribution in [-0.2, 0) is 11.2 Å². The van der Waals surface area contributed by atoms with Gasteiger partial charge in [-0.2, -0.15) is 0 Å². The van der Waals surface area contributed by atoms with E-state index in [1.165, 1.54) is 11.2 Å². The predicted molar refractivity (Wildman–Crippen MR) is 139 cm³/mol. The van der Waals surface area contributed by atoms with Crippen molar-refractivity contribution in [2.75, 3.05) is 25.0 Å². The molecular formula is C28H26N2O5S. The van der Waals surface area contributed by atoms with Gasteiger partial charge in [-0.15, -0.1) is 11.3 Å². The summed E-state index contributed by atoms with van der Waals surface area (Å²) in [6, 6.07) is 21.6. The number of hydrogen-bond donors (Lipinski definition) is 1. The third-order valence-corrected chi connectivity index (χ3v) is 6.77. The van der Waals surface area contributed by atoms with Gasteiger partial charge in [-0.3, -0.25) is 19.3 Å².